The molecule has 0 bridgehead atoms. The van der Waals surface area contributed by atoms with E-state index in [1.54, 1.807) is 0 Å². The van der Waals surface area contributed by atoms with Crippen molar-refractivity contribution in [1.29, 1.82) is 0 Å². The van der Waals surface area contributed by atoms with Gasteiger partial charge in [-0.25, -0.2) is 0 Å². The quantitative estimate of drug-likeness (QED) is 0.718. The highest BCUT2D eigenvalue weighted by atomic mass is 29.6. The second-order valence-corrected chi connectivity index (χ2v) is 28.0. The minimum Gasteiger partial charge on any atom is -0.420 e. The predicted octanol–water partition coefficient (Wildman–Crippen LogP) is 1.36. The van der Waals surface area contributed by atoms with Gasteiger partial charge in [-0.3, -0.25) is 0 Å². The Morgan fingerprint density at radius 3 is 2.47 bits per heavy atom. The topological polar surface area (TPSA) is 27.7 Å². The summed E-state index contributed by atoms with van der Waals surface area (Å²) < 4.78 is 17.7. The summed E-state index contributed by atoms with van der Waals surface area (Å²) in [7, 11) is -3.10. The molecule has 2 unspecified atom stereocenters. The molecule has 6 heteroatoms. The largest absolute Gasteiger partial charge is 0.420 e. The molecule has 0 aliphatic carbocycles. The molecule has 0 aromatic heterocycles. The van der Waals surface area contributed by atoms with E-state index >= 15 is 0 Å². The van der Waals surface area contributed by atoms with E-state index in [-0.39, 0.29) is 6.29 Å². The summed E-state index contributed by atoms with van der Waals surface area (Å²) in [5.41, 5.74) is 0. The fourth-order valence-electron chi connectivity index (χ4n) is 1.97. The number of hydrogen-bond donors (Lipinski definition) is 0. The Kier molecular flexibility index (Phi) is 4.75. The smallest absolute Gasteiger partial charge is 0.181 e. The summed E-state index contributed by atoms with van der Waals surface area (Å²) in [5.74, 6) is 0. The summed E-state index contributed by atoms with van der Waals surface area (Å²) in [6.45, 7) is 13.0. The molecule has 1 fully saturated rings. The SMILES string of the molecule is CCOC1C[Si](C)(OCC)[Si](C)(C)[SiH2]O1. The number of rotatable bonds is 4. The summed E-state index contributed by atoms with van der Waals surface area (Å²) in [5, 5.41) is 0. The van der Waals surface area contributed by atoms with Crippen molar-refractivity contribution in [3.05, 3.63) is 0 Å². The van der Waals surface area contributed by atoms with Gasteiger partial charge in [0.05, 0.1) is 7.11 Å². The van der Waals surface area contributed by atoms with Crippen LogP contribution in [0, 0.1) is 0 Å². The Morgan fingerprint density at radius 2 is 1.93 bits per heavy atom. The highest BCUT2D eigenvalue weighted by Gasteiger charge is 2.52. The van der Waals surface area contributed by atoms with Crippen molar-refractivity contribution in [3.63, 3.8) is 0 Å². The molecule has 15 heavy (non-hydrogen) atoms. The van der Waals surface area contributed by atoms with Gasteiger partial charge in [-0.2, -0.15) is 0 Å². The minimum atomic E-state index is -1.51. The summed E-state index contributed by atoms with van der Waals surface area (Å²) in [6, 6.07) is 1.04. The van der Waals surface area contributed by atoms with E-state index in [2.05, 4.69) is 26.6 Å². The summed E-state index contributed by atoms with van der Waals surface area (Å²) in [6.07, 6.45) is 0.0467. The highest BCUT2D eigenvalue weighted by Crippen LogP contribution is 2.31. The molecule has 0 aromatic rings. The molecule has 90 valence electrons. The molecule has 3 nitrogen and oxygen atoms in total. The van der Waals surface area contributed by atoms with E-state index in [0.717, 1.165) is 19.3 Å². The van der Waals surface area contributed by atoms with Gasteiger partial charge >= 0.3 is 0 Å². The summed E-state index contributed by atoms with van der Waals surface area (Å²) in [4.78, 5) is 0. The first-order valence-electron chi connectivity index (χ1n) is 5.82. The van der Waals surface area contributed by atoms with E-state index in [0.29, 0.717) is 0 Å². The van der Waals surface area contributed by atoms with E-state index in [1.807, 2.05) is 6.92 Å². The zero-order chi connectivity index (χ0) is 11.5. The average Bonchev–Trinajstić information content (AvgIpc) is 2.13. The van der Waals surface area contributed by atoms with Crippen LogP contribution < -0.4 is 0 Å². The first-order chi connectivity index (χ1) is 6.95. The normalized spacial score (nSPS) is 37.0. The first kappa shape index (κ1) is 13.6. The Hall–Kier alpha value is 0.531. The molecule has 1 heterocycles. The van der Waals surface area contributed by atoms with Gasteiger partial charge in [0, 0.05) is 19.3 Å². The first-order valence-corrected chi connectivity index (χ1v) is 15.3. The Bertz CT molecular complexity index is 213. The van der Waals surface area contributed by atoms with Crippen LogP contribution in [0.5, 0.6) is 0 Å². The fraction of sp³-hybridized carbons (Fsp3) is 1.00. The molecule has 1 aliphatic rings. The van der Waals surface area contributed by atoms with Gasteiger partial charge in [0.1, 0.15) is 6.29 Å². The van der Waals surface area contributed by atoms with E-state index in [9.17, 15) is 0 Å². The maximum absolute atomic E-state index is 6.14. The third kappa shape index (κ3) is 3.01. The molecule has 0 aromatic carbocycles. The standard InChI is InChI=1S/C9H24O3Si3/c1-6-10-9-8-15(5,11-7-2)14(3,4)13-12-9/h9H,6-8,13H2,1-5H3. The van der Waals surface area contributed by atoms with Gasteiger partial charge in [-0.1, -0.05) is 13.1 Å². The van der Waals surface area contributed by atoms with Crippen molar-refractivity contribution in [2.24, 2.45) is 0 Å². The van der Waals surface area contributed by atoms with Crippen molar-refractivity contribution >= 4 is 24.2 Å². The molecule has 1 aliphatic heterocycles. The Morgan fingerprint density at radius 1 is 1.27 bits per heavy atom. The molecule has 0 radical (unpaired) electrons. The van der Waals surface area contributed by atoms with E-state index in [1.165, 1.54) is 0 Å². The van der Waals surface area contributed by atoms with Crippen molar-refractivity contribution in [2.45, 2.75) is 45.8 Å². The monoisotopic (exact) mass is 264 g/mol. The van der Waals surface area contributed by atoms with Crippen LogP contribution in [0.1, 0.15) is 13.8 Å². The molecule has 2 atom stereocenters. The van der Waals surface area contributed by atoms with Gasteiger partial charge in [0.2, 0.25) is 0 Å². The highest BCUT2D eigenvalue weighted by molar-refractivity contribution is 7.58. The molecule has 0 amide bonds. The van der Waals surface area contributed by atoms with Crippen LogP contribution in [-0.4, -0.2) is 43.7 Å². The maximum Gasteiger partial charge on any atom is 0.181 e. The minimum absolute atomic E-state index is 0.0467. The van der Waals surface area contributed by atoms with E-state index in [4.69, 9.17) is 13.6 Å². The second kappa shape index (κ2) is 5.24. The lowest BCUT2D eigenvalue weighted by Crippen LogP contribution is -2.68. The molecule has 0 spiro atoms. The van der Waals surface area contributed by atoms with Crippen molar-refractivity contribution in [3.8, 4) is 0 Å². The Balaban J connectivity index is 2.69. The molecular weight excluding hydrogens is 240 g/mol. The van der Waals surface area contributed by atoms with Crippen LogP contribution in [0.15, 0.2) is 0 Å². The molecule has 1 saturated heterocycles. The van der Waals surface area contributed by atoms with Crippen molar-refractivity contribution < 1.29 is 13.6 Å². The number of hydrogen-bond acceptors (Lipinski definition) is 3. The molecular formula is C9H24O3Si3. The van der Waals surface area contributed by atoms with E-state index < -0.39 is 24.2 Å². The lowest BCUT2D eigenvalue weighted by molar-refractivity contribution is -0.0627. The van der Waals surface area contributed by atoms with Crippen LogP contribution in [0.2, 0.25) is 25.7 Å². The van der Waals surface area contributed by atoms with Gasteiger partial charge in [-0.15, -0.1) is 0 Å². The fourth-order valence-corrected chi connectivity index (χ4v) is 18.1. The van der Waals surface area contributed by atoms with Crippen LogP contribution in [0.25, 0.3) is 0 Å². The Labute approximate surface area is 97.2 Å². The maximum atomic E-state index is 6.14. The zero-order valence-electron chi connectivity index (χ0n) is 10.6. The van der Waals surface area contributed by atoms with Gasteiger partial charge in [0.15, 0.2) is 17.1 Å². The van der Waals surface area contributed by atoms with Crippen LogP contribution in [-0.2, 0) is 13.6 Å². The second-order valence-electron chi connectivity index (χ2n) is 4.95. The third-order valence-corrected chi connectivity index (χ3v) is 29.9. The molecule has 1 rings (SSSR count). The van der Waals surface area contributed by atoms with Gasteiger partial charge in [0.25, 0.3) is 0 Å². The van der Waals surface area contributed by atoms with Crippen LogP contribution in [0.3, 0.4) is 0 Å². The van der Waals surface area contributed by atoms with Crippen LogP contribution in [0.4, 0.5) is 0 Å². The average molecular weight is 265 g/mol. The van der Waals surface area contributed by atoms with Gasteiger partial charge in [-0.05, 0) is 20.4 Å². The number of ether oxygens (including phenoxy) is 1. The zero-order valence-corrected chi connectivity index (χ0v) is 14.0. The third-order valence-electron chi connectivity index (χ3n) is 3.43. The van der Waals surface area contributed by atoms with Crippen molar-refractivity contribution in [1.82, 2.24) is 0 Å². The van der Waals surface area contributed by atoms with Crippen molar-refractivity contribution in [2.75, 3.05) is 13.2 Å². The lowest BCUT2D eigenvalue weighted by atomic mass is 10.7. The molecule has 0 saturated carbocycles. The van der Waals surface area contributed by atoms with Gasteiger partial charge < -0.3 is 13.6 Å². The lowest BCUT2D eigenvalue weighted by Gasteiger charge is -2.46. The predicted molar refractivity (Wildman–Crippen MR) is 70.6 cm³/mol. The van der Waals surface area contributed by atoms with Crippen LogP contribution >= 0.6 is 0 Å². The summed E-state index contributed by atoms with van der Waals surface area (Å²) >= 11 is 0. The molecule has 0 N–H and O–H groups in total.